The van der Waals surface area contributed by atoms with Crippen molar-refractivity contribution in [3.63, 3.8) is 0 Å². The first-order valence-electron chi connectivity index (χ1n) is 9.63. The number of aromatic nitrogens is 2. The number of nitrogens with one attached hydrogen (secondary N) is 1. The Bertz CT molecular complexity index is 943. The molecule has 0 saturated heterocycles. The van der Waals surface area contributed by atoms with Crippen molar-refractivity contribution in [3.8, 4) is 5.69 Å². The fraction of sp³-hybridized carbons (Fsp3) is 0.304. The zero-order valence-corrected chi connectivity index (χ0v) is 16.9. The van der Waals surface area contributed by atoms with Crippen LogP contribution in [0.1, 0.15) is 58.7 Å². The molecule has 2 aromatic carbocycles. The lowest BCUT2D eigenvalue weighted by atomic mass is 9.99. The molecule has 0 spiro atoms. The van der Waals surface area contributed by atoms with Crippen LogP contribution in [0.2, 0.25) is 0 Å². The van der Waals surface area contributed by atoms with Crippen molar-refractivity contribution in [2.45, 2.75) is 39.7 Å². The van der Waals surface area contributed by atoms with Gasteiger partial charge < -0.3 is 11.1 Å². The summed E-state index contributed by atoms with van der Waals surface area (Å²) in [6.07, 6.45) is 0. The van der Waals surface area contributed by atoms with Gasteiger partial charge in [0.2, 0.25) is 0 Å². The summed E-state index contributed by atoms with van der Waals surface area (Å²) in [6, 6.07) is 17.8. The lowest BCUT2D eigenvalue weighted by Crippen LogP contribution is -2.32. The standard InChI is InChI=1S/C23H28N4O/c1-15(2)18-10-12-19(13-11-18)21(24)14-25-23(28)22-16(3)26-27(17(22)4)20-8-6-5-7-9-20/h5-13,15,21H,14,24H2,1-4H3,(H,25,28). The lowest BCUT2D eigenvalue weighted by Gasteiger charge is -2.15. The van der Waals surface area contributed by atoms with Crippen molar-refractivity contribution in [1.82, 2.24) is 15.1 Å². The maximum atomic E-state index is 12.8. The highest BCUT2D eigenvalue weighted by molar-refractivity contribution is 5.96. The highest BCUT2D eigenvalue weighted by Crippen LogP contribution is 2.19. The molecule has 1 unspecified atom stereocenters. The Balaban J connectivity index is 1.70. The molecule has 28 heavy (non-hydrogen) atoms. The minimum atomic E-state index is -0.255. The molecule has 3 N–H and O–H groups in total. The Kier molecular flexibility index (Phi) is 5.95. The lowest BCUT2D eigenvalue weighted by molar-refractivity contribution is 0.0950. The van der Waals surface area contributed by atoms with Gasteiger partial charge >= 0.3 is 0 Å². The third-order valence-electron chi connectivity index (χ3n) is 5.03. The molecule has 1 amide bonds. The van der Waals surface area contributed by atoms with E-state index in [0.29, 0.717) is 23.7 Å². The molecule has 3 rings (SSSR count). The third-order valence-corrected chi connectivity index (χ3v) is 5.03. The highest BCUT2D eigenvalue weighted by Gasteiger charge is 2.20. The van der Waals surface area contributed by atoms with Gasteiger partial charge in [-0.15, -0.1) is 0 Å². The number of carbonyl (C=O) groups is 1. The van der Waals surface area contributed by atoms with Crippen molar-refractivity contribution in [2.24, 2.45) is 5.73 Å². The molecule has 0 radical (unpaired) electrons. The number of amides is 1. The molecule has 5 heteroatoms. The maximum absolute atomic E-state index is 12.8. The van der Waals surface area contributed by atoms with Crippen LogP contribution in [0.25, 0.3) is 5.69 Å². The van der Waals surface area contributed by atoms with E-state index in [-0.39, 0.29) is 11.9 Å². The van der Waals surface area contributed by atoms with Crippen molar-refractivity contribution in [2.75, 3.05) is 6.54 Å². The summed E-state index contributed by atoms with van der Waals surface area (Å²) < 4.78 is 1.80. The number of rotatable bonds is 6. The third kappa shape index (κ3) is 4.15. The van der Waals surface area contributed by atoms with Gasteiger partial charge in [-0.1, -0.05) is 56.3 Å². The van der Waals surface area contributed by atoms with Gasteiger partial charge in [0.15, 0.2) is 0 Å². The van der Waals surface area contributed by atoms with E-state index < -0.39 is 0 Å². The summed E-state index contributed by atoms with van der Waals surface area (Å²) in [5, 5.41) is 7.50. The first-order chi connectivity index (χ1) is 13.4. The van der Waals surface area contributed by atoms with Gasteiger partial charge in [-0.2, -0.15) is 5.10 Å². The Morgan fingerprint density at radius 2 is 1.64 bits per heavy atom. The minimum absolute atomic E-state index is 0.147. The predicted octanol–water partition coefficient (Wildman–Crippen LogP) is 4.04. The zero-order valence-electron chi connectivity index (χ0n) is 16.9. The summed E-state index contributed by atoms with van der Waals surface area (Å²) in [5.41, 5.74) is 11.6. The molecular formula is C23H28N4O. The van der Waals surface area contributed by atoms with Crippen LogP contribution in [-0.2, 0) is 0 Å². The largest absolute Gasteiger partial charge is 0.350 e. The van der Waals surface area contributed by atoms with E-state index in [1.165, 1.54) is 5.56 Å². The Labute approximate surface area is 166 Å². The van der Waals surface area contributed by atoms with Crippen LogP contribution < -0.4 is 11.1 Å². The van der Waals surface area contributed by atoms with Gasteiger partial charge in [0.05, 0.1) is 22.6 Å². The average Bonchev–Trinajstić information content (AvgIpc) is 3.00. The normalized spacial score (nSPS) is 12.2. The number of hydrogen-bond donors (Lipinski definition) is 2. The number of aryl methyl sites for hydroxylation is 1. The SMILES string of the molecule is Cc1nn(-c2ccccc2)c(C)c1C(=O)NCC(N)c1ccc(C(C)C)cc1. The fourth-order valence-electron chi connectivity index (χ4n) is 3.33. The summed E-state index contributed by atoms with van der Waals surface area (Å²) >= 11 is 0. The molecule has 0 bridgehead atoms. The van der Waals surface area contributed by atoms with Crippen LogP contribution in [0.15, 0.2) is 54.6 Å². The van der Waals surface area contributed by atoms with Crippen LogP contribution in [0.5, 0.6) is 0 Å². The van der Waals surface area contributed by atoms with Gasteiger partial charge in [0.25, 0.3) is 5.91 Å². The Hall–Kier alpha value is -2.92. The molecular weight excluding hydrogens is 348 g/mol. The van der Waals surface area contributed by atoms with Crippen LogP contribution in [0.4, 0.5) is 0 Å². The molecule has 0 aliphatic heterocycles. The Morgan fingerprint density at radius 1 is 1.04 bits per heavy atom. The molecule has 1 atom stereocenters. The molecule has 0 aliphatic carbocycles. The number of hydrogen-bond acceptors (Lipinski definition) is 3. The second kappa shape index (κ2) is 8.40. The maximum Gasteiger partial charge on any atom is 0.255 e. The van der Waals surface area contributed by atoms with E-state index >= 15 is 0 Å². The molecule has 1 aromatic heterocycles. The van der Waals surface area contributed by atoms with Crippen molar-refractivity contribution in [1.29, 1.82) is 0 Å². The quantitative estimate of drug-likeness (QED) is 0.682. The van der Waals surface area contributed by atoms with E-state index in [4.69, 9.17) is 5.73 Å². The minimum Gasteiger partial charge on any atom is -0.350 e. The Morgan fingerprint density at radius 3 is 2.25 bits per heavy atom. The summed E-state index contributed by atoms with van der Waals surface area (Å²) in [4.78, 5) is 12.8. The molecule has 0 aliphatic rings. The highest BCUT2D eigenvalue weighted by atomic mass is 16.1. The van der Waals surface area contributed by atoms with Gasteiger partial charge in [0.1, 0.15) is 0 Å². The van der Waals surface area contributed by atoms with Crippen molar-refractivity contribution in [3.05, 3.63) is 82.7 Å². The number of benzene rings is 2. The number of para-hydroxylation sites is 1. The second-order valence-electron chi connectivity index (χ2n) is 7.43. The van der Waals surface area contributed by atoms with Gasteiger partial charge in [-0.05, 0) is 43.0 Å². The van der Waals surface area contributed by atoms with Crippen LogP contribution >= 0.6 is 0 Å². The summed E-state index contributed by atoms with van der Waals surface area (Å²) in [5.74, 6) is 0.337. The molecule has 5 nitrogen and oxygen atoms in total. The van der Waals surface area contributed by atoms with Crippen LogP contribution in [0.3, 0.4) is 0 Å². The first-order valence-corrected chi connectivity index (χ1v) is 9.63. The smallest absolute Gasteiger partial charge is 0.255 e. The van der Waals surface area contributed by atoms with E-state index in [1.54, 1.807) is 4.68 Å². The molecule has 0 fully saturated rings. The number of nitrogens with two attached hydrogens (primary N) is 1. The average molecular weight is 377 g/mol. The molecule has 146 valence electrons. The van der Waals surface area contributed by atoms with Crippen LogP contribution in [0, 0.1) is 13.8 Å². The summed E-state index contributed by atoms with van der Waals surface area (Å²) in [6.45, 7) is 8.46. The van der Waals surface area contributed by atoms with Crippen LogP contribution in [-0.4, -0.2) is 22.2 Å². The number of nitrogens with zero attached hydrogens (tertiary/aromatic N) is 2. The molecule has 0 saturated carbocycles. The van der Waals surface area contributed by atoms with Crippen molar-refractivity contribution < 1.29 is 4.79 Å². The van der Waals surface area contributed by atoms with Gasteiger partial charge in [0, 0.05) is 12.6 Å². The first kappa shape index (κ1) is 19.8. The fourth-order valence-corrected chi connectivity index (χ4v) is 3.33. The second-order valence-corrected chi connectivity index (χ2v) is 7.43. The number of carbonyl (C=O) groups excluding carboxylic acids is 1. The summed E-state index contributed by atoms with van der Waals surface area (Å²) in [7, 11) is 0. The monoisotopic (exact) mass is 376 g/mol. The van der Waals surface area contributed by atoms with E-state index in [1.807, 2.05) is 56.3 Å². The zero-order chi connectivity index (χ0) is 20.3. The van der Waals surface area contributed by atoms with E-state index in [0.717, 1.165) is 16.9 Å². The van der Waals surface area contributed by atoms with Crippen molar-refractivity contribution >= 4 is 5.91 Å². The van der Waals surface area contributed by atoms with E-state index in [9.17, 15) is 4.79 Å². The van der Waals surface area contributed by atoms with Gasteiger partial charge in [-0.3, -0.25) is 4.79 Å². The predicted molar refractivity (Wildman–Crippen MR) is 113 cm³/mol. The molecule has 3 aromatic rings. The van der Waals surface area contributed by atoms with E-state index in [2.05, 4.69) is 36.4 Å². The molecule has 1 heterocycles. The van der Waals surface area contributed by atoms with Gasteiger partial charge in [-0.25, -0.2) is 4.68 Å². The topological polar surface area (TPSA) is 72.9 Å².